The van der Waals surface area contributed by atoms with Crippen LogP contribution in [0.25, 0.3) is 0 Å². The van der Waals surface area contributed by atoms with Gasteiger partial charge in [-0.25, -0.2) is 16.8 Å². The predicted molar refractivity (Wildman–Crippen MR) is 108 cm³/mol. The Labute approximate surface area is 166 Å². The van der Waals surface area contributed by atoms with Gasteiger partial charge in [0, 0.05) is 9.65 Å². The maximum atomic E-state index is 11.3. The van der Waals surface area contributed by atoms with Crippen LogP contribution in [0.4, 0.5) is 0 Å². The Morgan fingerprint density at radius 3 is 1.32 bits per heavy atom. The summed E-state index contributed by atoms with van der Waals surface area (Å²) in [6.45, 7) is 0. The van der Waals surface area contributed by atoms with Gasteiger partial charge in [-0.05, 0) is 12.8 Å². The van der Waals surface area contributed by atoms with E-state index in [1.54, 1.807) is 12.2 Å². The molecule has 0 aromatic carbocycles. The smallest absolute Gasteiger partial charge is 0.163 e. The van der Waals surface area contributed by atoms with Crippen molar-refractivity contribution in [2.24, 2.45) is 0 Å². The fourth-order valence-corrected chi connectivity index (χ4v) is 4.37. The third-order valence-corrected chi connectivity index (χ3v) is 10.2. The molecule has 0 heterocycles. The first-order chi connectivity index (χ1) is 10.1. The van der Waals surface area contributed by atoms with Gasteiger partial charge in [0.1, 0.15) is 9.32 Å². The van der Waals surface area contributed by atoms with Crippen LogP contribution < -0.4 is 0 Å². The topological polar surface area (TPSA) is 68.3 Å². The lowest BCUT2D eigenvalue weighted by molar-refractivity contribution is 0.602. The summed E-state index contributed by atoms with van der Waals surface area (Å²) in [6.07, 6.45) is 8.51. The lowest BCUT2D eigenvalue weighted by Gasteiger charge is -2.07. The van der Waals surface area contributed by atoms with Gasteiger partial charge in [-0.2, -0.15) is 0 Å². The van der Waals surface area contributed by atoms with Gasteiger partial charge < -0.3 is 0 Å². The number of sulfone groups is 2. The Kier molecular flexibility index (Phi) is 12.5. The maximum Gasteiger partial charge on any atom is 0.163 e. The van der Waals surface area contributed by atoms with Gasteiger partial charge in [-0.1, -0.05) is 88.0 Å². The normalized spacial score (nSPS) is 16.4. The average Bonchev–Trinajstić information content (AvgIpc) is 2.45. The summed E-state index contributed by atoms with van der Waals surface area (Å²) in [5.41, 5.74) is 0. The van der Waals surface area contributed by atoms with E-state index in [9.17, 15) is 16.8 Å². The molecule has 0 aromatic heterocycles. The molecule has 0 amide bonds. The molecule has 0 fully saturated rings. The van der Waals surface area contributed by atoms with E-state index >= 15 is 0 Å². The van der Waals surface area contributed by atoms with Crippen molar-refractivity contribution < 1.29 is 16.8 Å². The van der Waals surface area contributed by atoms with E-state index in [1.165, 1.54) is 0 Å². The molecule has 0 aliphatic heterocycles. The molecule has 2 atom stereocenters. The van der Waals surface area contributed by atoms with Crippen molar-refractivity contribution in [3.05, 3.63) is 24.3 Å². The summed E-state index contributed by atoms with van der Waals surface area (Å²) < 4.78 is 45.1. The Balaban J connectivity index is 4.12. The lowest BCUT2D eigenvalue weighted by Crippen LogP contribution is -2.06. The molecule has 130 valence electrons. The Morgan fingerprint density at radius 1 is 0.727 bits per heavy atom. The molecule has 4 nitrogen and oxygen atoms in total. The summed E-state index contributed by atoms with van der Waals surface area (Å²) in [5, 5.41) is 0. The largest absolute Gasteiger partial charge is 0.228 e. The highest BCUT2D eigenvalue weighted by Gasteiger charge is 2.08. The molecular weight excluding hydrogens is 592 g/mol. The Morgan fingerprint density at radius 2 is 1.05 bits per heavy atom. The summed E-state index contributed by atoms with van der Waals surface area (Å²) in [7, 11) is -6.09. The third kappa shape index (κ3) is 12.7. The molecule has 0 spiro atoms. The number of rotatable bonds is 11. The highest BCUT2D eigenvalue weighted by atomic mass is 79.9. The van der Waals surface area contributed by atoms with E-state index in [0.717, 1.165) is 12.8 Å². The second-order valence-electron chi connectivity index (χ2n) is 4.50. The van der Waals surface area contributed by atoms with Crippen LogP contribution in [0.3, 0.4) is 0 Å². The van der Waals surface area contributed by atoms with E-state index in [1.807, 2.05) is 12.2 Å². The van der Waals surface area contributed by atoms with Gasteiger partial charge in [0.25, 0.3) is 0 Å². The SMILES string of the molecule is O=S(=O)(CBr)C/C=C/C(Br)CCC(Br)/C=C/CS(=O)(=O)CBr. The molecule has 0 bridgehead atoms. The van der Waals surface area contributed by atoms with Gasteiger partial charge in [0.05, 0.1) is 11.5 Å². The summed E-state index contributed by atoms with van der Waals surface area (Å²) in [5.74, 6) is 0.0325. The van der Waals surface area contributed by atoms with Crippen LogP contribution in [-0.4, -0.2) is 47.3 Å². The fraction of sp³-hybridized carbons (Fsp3) is 0.667. The zero-order valence-corrected chi connectivity index (χ0v) is 19.6. The van der Waals surface area contributed by atoms with Crippen LogP contribution in [0.2, 0.25) is 0 Å². The van der Waals surface area contributed by atoms with Crippen LogP contribution in [0.5, 0.6) is 0 Å². The number of alkyl halides is 4. The van der Waals surface area contributed by atoms with Crippen LogP contribution >= 0.6 is 63.7 Å². The molecule has 0 aliphatic carbocycles. The van der Waals surface area contributed by atoms with Crippen LogP contribution in [-0.2, 0) is 19.7 Å². The van der Waals surface area contributed by atoms with Crippen molar-refractivity contribution in [1.82, 2.24) is 0 Å². The van der Waals surface area contributed by atoms with Gasteiger partial charge in [0.15, 0.2) is 19.7 Å². The Bertz CT molecular complexity index is 518. The van der Waals surface area contributed by atoms with Crippen molar-refractivity contribution in [3.63, 3.8) is 0 Å². The van der Waals surface area contributed by atoms with Crippen molar-refractivity contribution >= 4 is 83.4 Å². The standard InChI is InChI=1S/C12H18Br4O4S2/c13-9-21(17,18)7-1-3-11(15)5-6-12(16)4-2-8-22(19,20)10-14/h1-4,11-12H,5-10H2/b3-1+,4-2+. The van der Waals surface area contributed by atoms with Gasteiger partial charge in [0.2, 0.25) is 0 Å². The number of allylic oxidation sites excluding steroid dienone is 2. The molecule has 2 unspecified atom stereocenters. The lowest BCUT2D eigenvalue weighted by atomic mass is 10.2. The molecule has 0 rings (SSSR count). The molecule has 0 saturated carbocycles. The zero-order valence-electron chi connectivity index (χ0n) is 11.7. The third-order valence-electron chi connectivity index (χ3n) is 2.44. The Hall–Kier alpha value is 1.30. The highest BCUT2D eigenvalue weighted by molar-refractivity contribution is 9.11. The van der Waals surface area contributed by atoms with Crippen LogP contribution in [0.1, 0.15) is 12.8 Å². The van der Waals surface area contributed by atoms with Crippen LogP contribution in [0.15, 0.2) is 24.3 Å². The summed E-state index contributed by atoms with van der Waals surface area (Å²) >= 11 is 12.8. The van der Waals surface area contributed by atoms with Gasteiger partial charge in [-0.3, -0.25) is 0 Å². The second-order valence-corrected chi connectivity index (χ2v) is 13.7. The summed E-state index contributed by atoms with van der Waals surface area (Å²) in [6, 6.07) is 0. The molecule has 0 radical (unpaired) electrons. The van der Waals surface area contributed by atoms with Crippen molar-refractivity contribution in [2.45, 2.75) is 22.5 Å². The molecule has 10 heteroatoms. The van der Waals surface area contributed by atoms with Crippen LogP contribution in [0, 0.1) is 0 Å². The van der Waals surface area contributed by atoms with Crippen molar-refractivity contribution in [3.8, 4) is 0 Å². The zero-order chi connectivity index (χ0) is 17.2. The molecule has 0 N–H and O–H groups in total. The molecule has 0 aromatic rings. The second kappa shape index (κ2) is 11.8. The van der Waals surface area contributed by atoms with Gasteiger partial charge >= 0.3 is 0 Å². The van der Waals surface area contributed by atoms with E-state index in [2.05, 4.69) is 63.7 Å². The minimum Gasteiger partial charge on any atom is -0.228 e. The maximum absolute atomic E-state index is 11.3. The average molecular weight is 610 g/mol. The quantitative estimate of drug-likeness (QED) is 0.263. The molecule has 0 aliphatic rings. The predicted octanol–water partition coefficient (Wildman–Crippen LogP) is 3.94. The van der Waals surface area contributed by atoms with Crippen molar-refractivity contribution in [2.75, 3.05) is 20.8 Å². The van der Waals surface area contributed by atoms with E-state index < -0.39 is 19.7 Å². The van der Waals surface area contributed by atoms with Gasteiger partial charge in [-0.15, -0.1) is 0 Å². The summed E-state index contributed by atoms with van der Waals surface area (Å²) in [4.78, 5) is 0.162. The highest BCUT2D eigenvalue weighted by Crippen LogP contribution is 2.17. The molecule has 22 heavy (non-hydrogen) atoms. The first-order valence-corrected chi connectivity index (χ1v) is 14.0. The number of hydrogen-bond acceptors (Lipinski definition) is 4. The monoisotopic (exact) mass is 606 g/mol. The fourth-order valence-electron chi connectivity index (χ4n) is 1.30. The van der Waals surface area contributed by atoms with E-state index in [-0.39, 0.29) is 30.5 Å². The minimum atomic E-state index is -3.05. The van der Waals surface area contributed by atoms with E-state index in [0.29, 0.717) is 0 Å². The van der Waals surface area contributed by atoms with E-state index in [4.69, 9.17) is 0 Å². The first kappa shape index (κ1) is 23.3. The number of halogens is 4. The number of hydrogen-bond donors (Lipinski definition) is 0. The molecule has 0 saturated heterocycles. The first-order valence-electron chi connectivity index (χ1n) is 6.26. The minimum absolute atomic E-state index is 0.0163. The molecular formula is C12H18Br4O4S2. The van der Waals surface area contributed by atoms with Crippen molar-refractivity contribution in [1.29, 1.82) is 0 Å².